The minimum absolute atomic E-state index is 0.0165. The SMILES string of the molecule is CN(C(=O)CCc1cccc(F)c1Cl)[C@H](COC(=O)Nc1cc(-c2cccc(F)c2)no1)CN(CC(F)F)C(=O)NCc1cccc(F)c1Cl. The van der Waals surface area contributed by atoms with Gasteiger partial charge in [0.2, 0.25) is 11.8 Å². The van der Waals surface area contributed by atoms with Crippen molar-refractivity contribution in [3.8, 4) is 11.3 Å². The van der Waals surface area contributed by atoms with E-state index in [0.717, 1.165) is 17.0 Å². The maximum absolute atomic E-state index is 13.9. The molecule has 0 aliphatic rings. The highest BCUT2D eigenvalue weighted by Gasteiger charge is 2.29. The van der Waals surface area contributed by atoms with Gasteiger partial charge in [-0.05, 0) is 41.8 Å². The second-order valence-corrected chi connectivity index (χ2v) is 11.6. The Morgan fingerprint density at radius 3 is 2.26 bits per heavy atom. The molecule has 0 spiro atoms. The molecule has 0 aliphatic heterocycles. The molecule has 1 aromatic heterocycles. The number of urea groups is 1. The van der Waals surface area contributed by atoms with Gasteiger partial charge in [-0.3, -0.25) is 10.1 Å². The van der Waals surface area contributed by atoms with Crippen LogP contribution in [0.25, 0.3) is 11.3 Å². The average Bonchev–Trinajstić information content (AvgIpc) is 3.55. The molecule has 0 radical (unpaired) electrons. The maximum atomic E-state index is 13.9. The molecular weight excluding hydrogens is 712 g/mol. The van der Waals surface area contributed by atoms with Crippen LogP contribution in [0.4, 0.5) is 37.4 Å². The van der Waals surface area contributed by atoms with Crippen molar-refractivity contribution in [1.82, 2.24) is 20.3 Å². The number of anilines is 1. The lowest BCUT2D eigenvalue weighted by Gasteiger charge is -2.33. The molecule has 4 aromatic rings. The molecule has 0 aliphatic carbocycles. The van der Waals surface area contributed by atoms with Gasteiger partial charge < -0.3 is 24.4 Å². The van der Waals surface area contributed by atoms with Gasteiger partial charge in [-0.2, -0.15) is 0 Å². The average molecular weight is 743 g/mol. The largest absolute Gasteiger partial charge is 0.447 e. The lowest BCUT2D eigenvalue weighted by molar-refractivity contribution is -0.133. The number of amides is 4. The molecule has 0 fully saturated rings. The molecule has 0 unspecified atom stereocenters. The molecule has 0 bridgehead atoms. The number of halogens is 7. The van der Waals surface area contributed by atoms with Crippen LogP contribution in [0, 0.1) is 17.5 Å². The summed E-state index contributed by atoms with van der Waals surface area (Å²) in [4.78, 5) is 40.9. The Morgan fingerprint density at radius 2 is 1.58 bits per heavy atom. The van der Waals surface area contributed by atoms with Gasteiger partial charge in [-0.1, -0.05) is 64.8 Å². The van der Waals surface area contributed by atoms with Crippen molar-refractivity contribution in [3.63, 3.8) is 0 Å². The highest BCUT2D eigenvalue weighted by Crippen LogP contribution is 2.24. The summed E-state index contributed by atoms with van der Waals surface area (Å²) >= 11 is 12.0. The van der Waals surface area contributed by atoms with Crippen LogP contribution in [0.15, 0.2) is 71.3 Å². The van der Waals surface area contributed by atoms with Crippen LogP contribution in [0.1, 0.15) is 17.5 Å². The molecule has 1 heterocycles. The Hall–Kier alpha value is -4.89. The minimum atomic E-state index is -3.00. The standard InChI is InChI=1S/C33H30Cl2F5N5O5/c1-44(29(46)12-11-19-5-3-9-24(37)30(19)34)23(16-45(17-27(39)40)32(47)41-15-21-7-4-10-25(38)31(21)35)18-49-33(48)42-28-14-26(43-50-28)20-6-2-8-22(36)13-20/h2-10,13-14,23,27H,11-12,15-18H2,1H3,(H,41,47)(H,42,48)/t23-/m0/s1. The molecule has 50 heavy (non-hydrogen) atoms. The predicted octanol–water partition coefficient (Wildman–Crippen LogP) is 7.55. The molecule has 0 saturated heterocycles. The molecule has 4 amide bonds. The Labute approximate surface area is 293 Å². The van der Waals surface area contributed by atoms with Gasteiger partial charge in [0.15, 0.2) is 0 Å². The molecule has 10 nitrogen and oxygen atoms in total. The number of ether oxygens (including phenoxy) is 1. The first-order valence-electron chi connectivity index (χ1n) is 14.9. The Kier molecular flexibility index (Phi) is 13.4. The highest BCUT2D eigenvalue weighted by atomic mass is 35.5. The van der Waals surface area contributed by atoms with E-state index in [9.17, 15) is 36.3 Å². The Morgan fingerprint density at radius 1 is 0.920 bits per heavy atom. The molecule has 266 valence electrons. The summed E-state index contributed by atoms with van der Waals surface area (Å²) in [6.45, 7) is -2.53. The van der Waals surface area contributed by atoms with E-state index >= 15 is 0 Å². The third kappa shape index (κ3) is 10.6. The van der Waals surface area contributed by atoms with E-state index in [1.807, 2.05) is 0 Å². The number of hydrogen-bond acceptors (Lipinski definition) is 6. The fourth-order valence-electron chi connectivity index (χ4n) is 4.71. The number of rotatable bonds is 14. The van der Waals surface area contributed by atoms with Crippen LogP contribution in [0.2, 0.25) is 10.0 Å². The summed E-state index contributed by atoms with van der Waals surface area (Å²) in [5.74, 6) is -2.68. The predicted molar refractivity (Wildman–Crippen MR) is 174 cm³/mol. The Bertz CT molecular complexity index is 1810. The van der Waals surface area contributed by atoms with Crippen molar-refractivity contribution in [3.05, 3.63) is 105 Å². The third-order valence-corrected chi connectivity index (χ3v) is 8.23. The summed E-state index contributed by atoms with van der Waals surface area (Å²) in [6.07, 6.45) is -4.28. The zero-order chi connectivity index (χ0) is 36.4. The number of carbonyl (C=O) groups excluding carboxylic acids is 3. The van der Waals surface area contributed by atoms with Crippen LogP contribution in [-0.4, -0.2) is 72.2 Å². The fourth-order valence-corrected chi connectivity index (χ4v) is 5.12. The van der Waals surface area contributed by atoms with Gasteiger partial charge in [0.25, 0.3) is 6.43 Å². The molecule has 1 atom stereocenters. The zero-order valence-electron chi connectivity index (χ0n) is 26.3. The number of aromatic nitrogens is 1. The van der Waals surface area contributed by atoms with E-state index in [1.54, 1.807) is 6.07 Å². The molecule has 17 heteroatoms. The lowest BCUT2D eigenvalue weighted by Crippen LogP contribution is -2.52. The fraction of sp³-hybridized carbons (Fsp3) is 0.273. The molecule has 2 N–H and O–H groups in total. The smallest absolute Gasteiger partial charge is 0.414 e. The number of aryl methyl sites for hydroxylation is 1. The van der Waals surface area contributed by atoms with E-state index in [0.29, 0.717) is 16.0 Å². The van der Waals surface area contributed by atoms with Crippen molar-refractivity contribution in [2.45, 2.75) is 31.9 Å². The van der Waals surface area contributed by atoms with Crippen molar-refractivity contribution in [2.75, 3.05) is 32.1 Å². The number of likely N-dealkylation sites (N-methyl/N-ethyl adjacent to an activating group) is 1. The van der Waals surface area contributed by atoms with Crippen molar-refractivity contribution in [2.24, 2.45) is 0 Å². The quantitative estimate of drug-likeness (QED) is 0.129. The first kappa shape index (κ1) is 37.9. The molecule has 3 aromatic carbocycles. The van der Waals surface area contributed by atoms with E-state index in [2.05, 4.69) is 15.8 Å². The molecular formula is C33H30Cl2F5N5O5. The second kappa shape index (κ2) is 17.7. The maximum Gasteiger partial charge on any atom is 0.414 e. The Balaban J connectivity index is 1.48. The summed E-state index contributed by atoms with van der Waals surface area (Å²) in [7, 11) is 1.31. The van der Waals surface area contributed by atoms with Gasteiger partial charge in [0, 0.05) is 38.2 Å². The van der Waals surface area contributed by atoms with E-state index < -0.39 is 67.6 Å². The van der Waals surface area contributed by atoms with Crippen LogP contribution < -0.4 is 10.6 Å². The molecule has 0 saturated carbocycles. The number of nitrogens with one attached hydrogen (secondary N) is 2. The lowest BCUT2D eigenvalue weighted by atomic mass is 10.1. The zero-order valence-corrected chi connectivity index (χ0v) is 27.8. The first-order chi connectivity index (χ1) is 23.8. The number of benzene rings is 3. The summed E-state index contributed by atoms with van der Waals surface area (Å²) in [5, 5.41) is 8.05. The van der Waals surface area contributed by atoms with Gasteiger partial charge in [-0.15, -0.1) is 0 Å². The monoisotopic (exact) mass is 741 g/mol. The number of carbonyl (C=O) groups is 3. The van der Waals surface area contributed by atoms with Crippen LogP contribution in [-0.2, 0) is 22.5 Å². The molecule has 4 rings (SSSR count). The summed E-state index contributed by atoms with van der Waals surface area (Å²) in [6, 6.07) is 12.6. The summed E-state index contributed by atoms with van der Waals surface area (Å²) in [5.41, 5.74) is 1.10. The number of hydrogen-bond donors (Lipinski definition) is 2. The number of nitrogens with zero attached hydrogens (tertiary/aromatic N) is 3. The number of alkyl halides is 2. The normalized spacial score (nSPS) is 11.6. The third-order valence-electron chi connectivity index (χ3n) is 7.38. The van der Waals surface area contributed by atoms with Gasteiger partial charge in [0.05, 0.1) is 22.6 Å². The van der Waals surface area contributed by atoms with Gasteiger partial charge in [-0.25, -0.2) is 31.5 Å². The van der Waals surface area contributed by atoms with E-state index in [-0.39, 0.29) is 46.6 Å². The van der Waals surface area contributed by atoms with Crippen LogP contribution in [0.3, 0.4) is 0 Å². The van der Waals surface area contributed by atoms with Crippen molar-refractivity contribution < 1.29 is 45.6 Å². The van der Waals surface area contributed by atoms with Crippen LogP contribution >= 0.6 is 23.2 Å². The second-order valence-electron chi connectivity index (χ2n) is 10.8. The summed E-state index contributed by atoms with van der Waals surface area (Å²) < 4.78 is 79.1. The van der Waals surface area contributed by atoms with E-state index in [4.69, 9.17) is 32.5 Å². The van der Waals surface area contributed by atoms with Crippen LogP contribution in [0.5, 0.6) is 0 Å². The van der Waals surface area contributed by atoms with Crippen molar-refractivity contribution in [1.29, 1.82) is 0 Å². The topological polar surface area (TPSA) is 117 Å². The highest BCUT2D eigenvalue weighted by molar-refractivity contribution is 6.31. The van der Waals surface area contributed by atoms with E-state index in [1.165, 1.54) is 55.6 Å². The first-order valence-corrected chi connectivity index (χ1v) is 15.7. The van der Waals surface area contributed by atoms with Gasteiger partial charge in [0.1, 0.15) is 29.8 Å². The van der Waals surface area contributed by atoms with Crippen molar-refractivity contribution >= 4 is 47.1 Å². The van der Waals surface area contributed by atoms with Gasteiger partial charge >= 0.3 is 12.1 Å². The minimum Gasteiger partial charge on any atom is -0.447 e.